The zero-order chi connectivity index (χ0) is 10.1. The van der Waals surface area contributed by atoms with Gasteiger partial charge in [-0.3, -0.25) is 0 Å². The molecule has 0 aliphatic carbocycles. The average molecular weight is 222 g/mol. The van der Waals surface area contributed by atoms with E-state index >= 15 is 0 Å². The summed E-state index contributed by atoms with van der Waals surface area (Å²) in [6, 6.07) is 3.82. The van der Waals surface area contributed by atoms with Gasteiger partial charge < -0.3 is 5.11 Å². The number of rotatable bonds is 2. The van der Waals surface area contributed by atoms with Crippen LogP contribution in [0.5, 0.6) is 5.75 Å². The van der Waals surface area contributed by atoms with E-state index in [1.54, 1.807) is 0 Å². The first-order valence-corrected chi connectivity index (χ1v) is 5.25. The number of nitrogens with one attached hydrogen (secondary N) is 1. The monoisotopic (exact) mass is 221 g/mol. The number of sulfonamides is 1. The van der Waals surface area contributed by atoms with Crippen molar-refractivity contribution in [1.82, 2.24) is 4.72 Å². The minimum atomic E-state index is -3.64. The SMILES string of the molecule is CNS(=O)(=O)c1cc(Cl)ccc1O. The van der Waals surface area contributed by atoms with Gasteiger partial charge in [0, 0.05) is 5.02 Å². The van der Waals surface area contributed by atoms with Crippen molar-refractivity contribution in [2.75, 3.05) is 7.05 Å². The average Bonchev–Trinajstić information content (AvgIpc) is 2.09. The predicted molar refractivity (Wildman–Crippen MR) is 49.4 cm³/mol. The smallest absolute Gasteiger partial charge is 0.244 e. The molecule has 13 heavy (non-hydrogen) atoms. The van der Waals surface area contributed by atoms with Gasteiger partial charge in [0.25, 0.3) is 0 Å². The molecule has 0 aliphatic heterocycles. The van der Waals surface area contributed by atoms with Gasteiger partial charge in [0.1, 0.15) is 10.6 Å². The van der Waals surface area contributed by atoms with Crippen LogP contribution in [-0.2, 0) is 10.0 Å². The molecule has 72 valence electrons. The molecular weight excluding hydrogens is 214 g/mol. The number of aromatic hydroxyl groups is 1. The maximum Gasteiger partial charge on any atom is 0.244 e. The highest BCUT2D eigenvalue weighted by molar-refractivity contribution is 7.89. The van der Waals surface area contributed by atoms with E-state index in [2.05, 4.69) is 4.72 Å². The maximum atomic E-state index is 11.2. The largest absolute Gasteiger partial charge is 0.507 e. The second-order valence-corrected chi connectivity index (χ2v) is 4.61. The zero-order valence-corrected chi connectivity index (χ0v) is 8.35. The van der Waals surface area contributed by atoms with E-state index in [4.69, 9.17) is 11.6 Å². The molecule has 0 spiro atoms. The summed E-state index contributed by atoms with van der Waals surface area (Å²) in [5, 5.41) is 9.48. The van der Waals surface area contributed by atoms with Gasteiger partial charge in [0.2, 0.25) is 10.0 Å². The zero-order valence-electron chi connectivity index (χ0n) is 6.78. The lowest BCUT2D eigenvalue weighted by Gasteiger charge is -2.04. The standard InChI is InChI=1S/C7H8ClNO3S/c1-9-13(11,12)7-4-5(8)2-3-6(7)10/h2-4,9-10H,1H3. The molecular formula is C7H8ClNO3S. The van der Waals surface area contributed by atoms with Gasteiger partial charge in [0.15, 0.2) is 0 Å². The number of phenols is 1. The first-order valence-electron chi connectivity index (χ1n) is 3.39. The lowest BCUT2D eigenvalue weighted by atomic mass is 10.3. The highest BCUT2D eigenvalue weighted by Gasteiger charge is 2.16. The third-order valence-corrected chi connectivity index (χ3v) is 3.16. The Morgan fingerprint density at radius 2 is 2.08 bits per heavy atom. The Labute approximate surface area is 81.2 Å². The molecule has 0 amide bonds. The van der Waals surface area contributed by atoms with Crippen LogP contribution >= 0.6 is 11.6 Å². The van der Waals surface area contributed by atoms with Crippen molar-refractivity contribution >= 4 is 21.6 Å². The minimum absolute atomic E-state index is 0.220. The maximum absolute atomic E-state index is 11.2. The van der Waals surface area contributed by atoms with Gasteiger partial charge in [-0.05, 0) is 25.2 Å². The van der Waals surface area contributed by atoms with Gasteiger partial charge >= 0.3 is 0 Å². The summed E-state index contributed by atoms with van der Waals surface area (Å²) < 4.78 is 24.6. The summed E-state index contributed by atoms with van der Waals surface area (Å²) in [7, 11) is -2.38. The lowest BCUT2D eigenvalue weighted by Crippen LogP contribution is -2.18. The molecule has 0 aromatic heterocycles. The molecule has 0 radical (unpaired) electrons. The highest BCUT2D eigenvalue weighted by atomic mass is 35.5. The van der Waals surface area contributed by atoms with Crippen LogP contribution in [0.25, 0.3) is 0 Å². The number of halogens is 1. The Bertz CT molecular complexity index is 416. The first-order chi connectivity index (χ1) is 5.97. The van der Waals surface area contributed by atoms with Crippen LogP contribution in [0.15, 0.2) is 23.1 Å². The minimum Gasteiger partial charge on any atom is -0.507 e. The van der Waals surface area contributed by atoms with E-state index < -0.39 is 10.0 Å². The van der Waals surface area contributed by atoms with E-state index in [1.165, 1.54) is 25.2 Å². The third-order valence-electron chi connectivity index (χ3n) is 1.48. The molecule has 0 unspecified atom stereocenters. The molecule has 0 saturated carbocycles. The van der Waals surface area contributed by atoms with Gasteiger partial charge in [0.05, 0.1) is 0 Å². The molecule has 1 aromatic carbocycles. The fraction of sp³-hybridized carbons (Fsp3) is 0.143. The quantitative estimate of drug-likeness (QED) is 0.782. The summed E-state index contributed by atoms with van der Waals surface area (Å²) >= 11 is 5.58. The molecule has 0 aliphatic rings. The molecule has 0 atom stereocenters. The summed E-state index contributed by atoms with van der Waals surface area (Å²) in [5.41, 5.74) is 0. The van der Waals surface area contributed by atoms with Gasteiger partial charge in [-0.1, -0.05) is 11.6 Å². The second kappa shape index (κ2) is 3.53. The van der Waals surface area contributed by atoms with Crippen molar-refractivity contribution in [3.8, 4) is 5.75 Å². The highest BCUT2D eigenvalue weighted by Crippen LogP contribution is 2.25. The van der Waals surface area contributed by atoms with Crippen LogP contribution in [0.2, 0.25) is 5.02 Å². The van der Waals surface area contributed by atoms with Gasteiger partial charge in [-0.15, -0.1) is 0 Å². The summed E-state index contributed by atoms with van der Waals surface area (Å²) in [5.74, 6) is -0.321. The number of hydrogen-bond acceptors (Lipinski definition) is 3. The molecule has 4 nitrogen and oxygen atoms in total. The van der Waals surface area contributed by atoms with Gasteiger partial charge in [-0.2, -0.15) is 0 Å². The fourth-order valence-corrected chi connectivity index (χ4v) is 1.90. The van der Waals surface area contributed by atoms with Crippen molar-refractivity contribution in [3.05, 3.63) is 23.2 Å². The van der Waals surface area contributed by atoms with Crippen molar-refractivity contribution in [2.45, 2.75) is 4.90 Å². The van der Waals surface area contributed by atoms with Crippen molar-refractivity contribution < 1.29 is 13.5 Å². The van der Waals surface area contributed by atoms with Crippen LogP contribution in [0.3, 0.4) is 0 Å². The van der Waals surface area contributed by atoms with Crippen molar-refractivity contribution in [3.63, 3.8) is 0 Å². The number of hydrogen-bond donors (Lipinski definition) is 2. The normalized spacial score (nSPS) is 11.5. The number of phenolic OH excluding ortho intramolecular Hbond substituents is 1. The Kier molecular flexibility index (Phi) is 2.80. The van der Waals surface area contributed by atoms with E-state index in [0.29, 0.717) is 0 Å². The number of benzene rings is 1. The van der Waals surface area contributed by atoms with Crippen LogP contribution in [0.1, 0.15) is 0 Å². The molecule has 2 N–H and O–H groups in total. The molecule has 0 bridgehead atoms. The summed E-state index contributed by atoms with van der Waals surface area (Å²) in [6.45, 7) is 0. The van der Waals surface area contributed by atoms with Crippen LogP contribution in [0, 0.1) is 0 Å². The Morgan fingerprint density at radius 1 is 1.46 bits per heavy atom. The lowest BCUT2D eigenvalue weighted by molar-refractivity contribution is 0.458. The van der Waals surface area contributed by atoms with E-state index in [0.717, 1.165) is 0 Å². The summed E-state index contributed by atoms with van der Waals surface area (Å²) in [6.07, 6.45) is 0. The Hall–Kier alpha value is -0.780. The van der Waals surface area contributed by atoms with Gasteiger partial charge in [-0.25, -0.2) is 13.1 Å². The first kappa shape index (κ1) is 10.3. The Balaban J connectivity index is 3.38. The van der Waals surface area contributed by atoms with Crippen LogP contribution in [-0.4, -0.2) is 20.6 Å². The van der Waals surface area contributed by atoms with E-state index in [9.17, 15) is 13.5 Å². The van der Waals surface area contributed by atoms with E-state index in [1.807, 2.05) is 0 Å². The summed E-state index contributed by atoms with van der Waals surface area (Å²) in [4.78, 5) is -0.220. The molecule has 6 heteroatoms. The molecule has 0 heterocycles. The Morgan fingerprint density at radius 3 is 2.62 bits per heavy atom. The van der Waals surface area contributed by atoms with E-state index in [-0.39, 0.29) is 15.7 Å². The van der Waals surface area contributed by atoms with Crippen molar-refractivity contribution in [2.24, 2.45) is 0 Å². The second-order valence-electron chi connectivity index (χ2n) is 2.32. The van der Waals surface area contributed by atoms with Crippen LogP contribution < -0.4 is 4.72 Å². The van der Waals surface area contributed by atoms with Crippen molar-refractivity contribution in [1.29, 1.82) is 0 Å². The van der Waals surface area contributed by atoms with Crippen LogP contribution in [0.4, 0.5) is 0 Å². The topological polar surface area (TPSA) is 66.4 Å². The molecule has 0 fully saturated rings. The molecule has 1 rings (SSSR count). The molecule has 1 aromatic rings. The third kappa shape index (κ3) is 2.12. The fourth-order valence-electron chi connectivity index (χ4n) is 0.813. The predicted octanol–water partition coefficient (Wildman–Crippen LogP) is 0.954. The molecule has 0 saturated heterocycles.